The van der Waals surface area contributed by atoms with Crippen molar-refractivity contribution in [3.8, 4) is 33.4 Å². The van der Waals surface area contributed by atoms with Gasteiger partial charge < -0.3 is 4.90 Å². The van der Waals surface area contributed by atoms with Gasteiger partial charge in [-0.05, 0) is 87.5 Å². The highest BCUT2D eigenvalue weighted by Gasteiger charge is 2.37. The number of anilines is 3. The Labute approximate surface area is 323 Å². The molecule has 54 heavy (non-hydrogen) atoms. The second-order valence-corrected chi connectivity index (χ2v) is 17.0. The molecule has 2 aromatic heterocycles. The van der Waals surface area contributed by atoms with Crippen LogP contribution >= 0.6 is 22.7 Å². The minimum absolute atomic E-state index is 0.138. The normalized spacial score (nSPS) is 13.1. The summed E-state index contributed by atoms with van der Waals surface area (Å²) in [5.74, 6) is 0. The minimum atomic E-state index is -0.138. The lowest BCUT2D eigenvalue weighted by Crippen LogP contribution is -2.16. The van der Waals surface area contributed by atoms with Gasteiger partial charge in [0.25, 0.3) is 0 Å². The molecule has 0 bridgehead atoms. The number of benzene rings is 8. The minimum Gasteiger partial charge on any atom is -0.310 e. The van der Waals surface area contributed by atoms with Crippen LogP contribution in [0.2, 0.25) is 0 Å². The molecule has 1 nitrogen and oxygen atoms in total. The van der Waals surface area contributed by atoms with E-state index in [0.29, 0.717) is 0 Å². The molecule has 256 valence electrons. The van der Waals surface area contributed by atoms with Crippen LogP contribution in [-0.4, -0.2) is 0 Å². The summed E-state index contributed by atoms with van der Waals surface area (Å²) in [6, 6.07) is 65.0. The van der Waals surface area contributed by atoms with Crippen molar-refractivity contribution >= 4 is 80.1 Å². The van der Waals surface area contributed by atoms with Gasteiger partial charge in [-0.3, -0.25) is 0 Å². The Morgan fingerprint density at radius 3 is 1.65 bits per heavy atom. The quantitative estimate of drug-likeness (QED) is 0.171. The van der Waals surface area contributed by atoms with Gasteiger partial charge in [-0.2, -0.15) is 0 Å². The molecule has 3 heteroatoms. The molecule has 0 unspecified atom stereocenters. The fraction of sp³-hybridized carbons (Fsp3) is 0.0588. The first kappa shape index (κ1) is 31.5. The summed E-state index contributed by atoms with van der Waals surface area (Å²) in [6.45, 7) is 4.78. The molecule has 0 atom stereocenters. The Hall–Kier alpha value is -6.00. The molecule has 0 fully saturated rings. The van der Waals surface area contributed by atoms with E-state index in [1.807, 2.05) is 22.7 Å². The highest BCUT2D eigenvalue weighted by molar-refractivity contribution is 7.26. The molecule has 0 amide bonds. The Morgan fingerprint density at radius 1 is 0.389 bits per heavy atom. The van der Waals surface area contributed by atoms with Crippen LogP contribution in [0.1, 0.15) is 25.0 Å². The van der Waals surface area contributed by atoms with Gasteiger partial charge >= 0.3 is 0 Å². The molecular weight excluding hydrogens is 691 g/mol. The lowest BCUT2D eigenvalue weighted by Gasteiger charge is -2.28. The van der Waals surface area contributed by atoms with Gasteiger partial charge in [0.2, 0.25) is 0 Å². The van der Waals surface area contributed by atoms with Gasteiger partial charge in [0.05, 0.1) is 0 Å². The van der Waals surface area contributed by atoms with Crippen LogP contribution in [0.3, 0.4) is 0 Å². The molecule has 10 aromatic rings. The summed E-state index contributed by atoms with van der Waals surface area (Å²) in [4.78, 5) is 2.42. The Morgan fingerprint density at radius 2 is 0.944 bits per heavy atom. The van der Waals surface area contributed by atoms with Gasteiger partial charge in [0, 0.05) is 68.4 Å². The van der Waals surface area contributed by atoms with E-state index >= 15 is 0 Å². The maximum Gasteiger partial charge on any atom is 0.0465 e. The lowest BCUT2D eigenvalue weighted by molar-refractivity contribution is 0.661. The van der Waals surface area contributed by atoms with Crippen LogP contribution in [0, 0.1) is 0 Å². The monoisotopic (exact) mass is 725 g/mol. The van der Waals surface area contributed by atoms with E-state index in [9.17, 15) is 0 Å². The van der Waals surface area contributed by atoms with E-state index in [1.165, 1.54) is 84.9 Å². The van der Waals surface area contributed by atoms with Gasteiger partial charge in [-0.15, -0.1) is 22.7 Å². The van der Waals surface area contributed by atoms with Crippen molar-refractivity contribution in [2.45, 2.75) is 19.3 Å². The molecule has 0 aliphatic heterocycles. The standard InChI is InChI=1S/C51H35NS2/c1-51(2)44-30-29-42-40-14-7-9-18-47(40)54-50(42)48(44)43-28-27-37(31-45(43)51)52(35-23-19-33(20-24-35)32-11-4-3-5-12-32)36-25-21-34(22-26-36)38-15-10-16-41-39-13-6-8-17-46(39)53-49(38)41/h3-31H,1-2H3. The zero-order valence-corrected chi connectivity index (χ0v) is 31.6. The zero-order chi connectivity index (χ0) is 36.0. The van der Waals surface area contributed by atoms with Crippen LogP contribution in [-0.2, 0) is 5.41 Å². The summed E-state index contributed by atoms with van der Waals surface area (Å²) in [7, 11) is 0. The van der Waals surface area contributed by atoms with E-state index in [1.54, 1.807) is 0 Å². The molecule has 0 saturated heterocycles. The average molecular weight is 726 g/mol. The van der Waals surface area contributed by atoms with E-state index in [-0.39, 0.29) is 5.41 Å². The number of fused-ring (bicyclic) bond motifs is 10. The molecule has 0 spiro atoms. The van der Waals surface area contributed by atoms with Gasteiger partial charge in [-0.25, -0.2) is 0 Å². The molecule has 0 saturated carbocycles. The number of nitrogens with zero attached hydrogens (tertiary/aromatic N) is 1. The first-order valence-electron chi connectivity index (χ1n) is 18.6. The predicted molar refractivity (Wildman–Crippen MR) is 235 cm³/mol. The first-order chi connectivity index (χ1) is 26.5. The van der Waals surface area contributed by atoms with E-state index in [4.69, 9.17) is 0 Å². The maximum absolute atomic E-state index is 2.45. The van der Waals surface area contributed by atoms with Crippen molar-refractivity contribution in [1.82, 2.24) is 0 Å². The molecule has 0 radical (unpaired) electrons. The van der Waals surface area contributed by atoms with Crippen molar-refractivity contribution < 1.29 is 0 Å². The molecule has 0 N–H and O–H groups in total. The summed E-state index contributed by atoms with van der Waals surface area (Å²) in [5.41, 5.74) is 13.8. The van der Waals surface area contributed by atoms with Crippen molar-refractivity contribution in [3.05, 3.63) is 187 Å². The third-order valence-electron chi connectivity index (χ3n) is 11.5. The fourth-order valence-electron chi connectivity index (χ4n) is 8.77. The SMILES string of the molecule is CC1(C)c2cc(N(c3ccc(-c4ccccc4)cc3)c3ccc(-c4cccc5c4sc4ccccc45)cc3)ccc2-c2c1ccc1c2sc2ccccc21. The number of hydrogen-bond donors (Lipinski definition) is 0. The van der Waals surface area contributed by atoms with Crippen molar-refractivity contribution in [2.24, 2.45) is 0 Å². The van der Waals surface area contributed by atoms with E-state index in [0.717, 1.165) is 17.1 Å². The largest absolute Gasteiger partial charge is 0.310 e. The Balaban J connectivity index is 1.05. The molecule has 2 heterocycles. The Bertz CT molecular complexity index is 3060. The van der Waals surface area contributed by atoms with Gasteiger partial charge in [-0.1, -0.05) is 141 Å². The Kier molecular flexibility index (Phi) is 7.01. The lowest BCUT2D eigenvalue weighted by atomic mass is 9.82. The molecule has 1 aliphatic rings. The molecule has 8 aromatic carbocycles. The zero-order valence-electron chi connectivity index (χ0n) is 30.0. The van der Waals surface area contributed by atoms with Gasteiger partial charge in [0.1, 0.15) is 0 Å². The third kappa shape index (κ3) is 4.75. The second-order valence-electron chi connectivity index (χ2n) is 14.9. The average Bonchev–Trinajstić information content (AvgIpc) is 3.87. The summed E-state index contributed by atoms with van der Waals surface area (Å²) < 4.78 is 5.41. The van der Waals surface area contributed by atoms with Crippen molar-refractivity contribution in [3.63, 3.8) is 0 Å². The van der Waals surface area contributed by atoms with E-state index in [2.05, 4.69) is 195 Å². The van der Waals surface area contributed by atoms with Crippen LogP contribution in [0.15, 0.2) is 176 Å². The van der Waals surface area contributed by atoms with Gasteiger partial charge in [0.15, 0.2) is 0 Å². The summed E-state index contributed by atoms with van der Waals surface area (Å²) in [6.07, 6.45) is 0. The maximum atomic E-state index is 2.45. The van der Waals surface area contributed by atoms with Crippen molar-refractivity contribution in [1.29, 1.82) is 0 Å². The van der Waals surface area contributed by atoms with Crippen LogP contribution in [0.5, 0.6) is 0 Å². The molecular formula is C51H35NS2. The number of rotatable bonds is 5. The fourth-order valence-corrected chi connectivity index (χ4v) is 11.3. The smallest absolute Gasteiger partial charge is 0.0465 e. The second kappa shape index (κ2) is 12.0. The highest BCUT2D eigenvalue weighted by Crippen LogP contribution is 2.55. The predicted octanol–water partition coefficient (Wildman–Crippen LogP) is 15.5. The first-order valence-corrected chi connectivity index (χ1v) is 20.2. The number of hydrogen-bond acceptors (Lipinski definition) is 3. The highest BCUT2D eigenvalue weighted by atomic mass is 32.1. The molecule has 11 rings (SSSR count). The number of thiophene rings is 2. The van der Waals surface area contributed by atoms with E-state index < -0.39 is 0 Å². The molecule has 1 aliphatic carbocycles. The topological polar surface area (TPSA) is 3.24 Å². The summed E-state index contributed by atoms with van der Waals surface area (Å²) >= 11 is 3.81. The van der Waals surface area contributed by atoms with Crippen LogP contribution in [0.25, 0.3) is 73.7 Å². The van der Waals surface area contributed by atoms with Crippen molar-refractivity contribution in [2.75, 3.05) is 4.90 Å². The third-order valence-corrected chi connectivity index (χ3v) is 13.9. The van der Waals surface area contributed by atoms with Crippen LogP contribution in [0.4, 0.5) is 17.1 Å². The van der Waals surface area contributed by atoms with Crippen LogP contribution < -0.4 is 4.90 Å². The summed E-state index contributed by atoms with van der Waals surface area (Å²) in [5, 5.41) is 5.36.